The summed E-state index contributed by atoms with van der Waals surface area (Å²) in [6.45, 7) is 0.282. The van der Waals surface area contributed by atoms with Crippen molar-refractivity contribution in [3.05, 3.63) is 52.8 Å². The molecule has 0 aliphatic carbocycles. The molecule has 2 aromatic rings. The maximum Gasteiger partial charge on any atom is 0.243 e. The van der Waals surface area contributed by atoms with Gasteiger partial charge in [0.15, 0.2) is 5.15 Å². The van der Waals surface area contributed by atoms with Crippen LogP contribution in [0.1, 0.15) is 12.8 Å². The van der Waals surface area contributed by atoms with Gasteiger partial charge in [0.25, 0.3) is 0 Å². The number of nitrogens with zero attached hydrogens (tertiary/aromatic N) is 2. The Morgan fingerprint density at radius 3 is 2.60 bits per heavy atom. The van der Waals surface area contributed by atoms with Crippen molar-refractivity contribution in [3.8, 4) is 0 Å². The number of carbonyl (C=O) groups is 1. The Balaban J connectivity index is 1.83. The Morgan fingerprint density at radius 1 is 1.20 bits per heavy atom. The lowest BCUT2D eigenvalue weighted by Gasteiger charge is -2.23. The van der Waals surface area contributed by atoms with Crippen LogP contribution in [0.3, 0.4) is 0 Å². The molecule has 0 bridgehead atoms. The zero-order chi connectivity index (χ0) is 18.0. The fourth-order valence-corrected chi connectivity index (χ4v) is 4.68. The van der Waals surface area contributed by atoms with Crippen molar-refractivity contribution in [2.45, 2.75) is 23.8 Å². The van der Waals surface area contributed by atoms with E-state index in [2.05, 4.69) is 10.3 Å². The smallest absolute Gasteiger partial charge is 0.243 e. The van der Waals surface area contributed by atoms with Gasteiger partial charge in [-0.25, -0.2) is 13.4 Å². The molecular weight excluding hydrogens is 385 g/mol. The third-order valence-corrected chi connectivity index (χ3v) is 6.42. The molecule has 1 atom stereocenters. The monoisotopic (exact) mass is 399 g/mol. The fraction of sp³-hybridized carbons (Fsp3) is 0.250. The number of pyridine rings is 1. The summed E-state index contributed by atoms with van der Waals surface area (Å²) in [6, 6.07) is 8.34. The molecule has 1 aliphatic heterocycles. The molecule has 3 rings (SSSR count). The van der Waals surface area contributed by atoms with Crippen molar-refractivity contribution < 1.29 is 13.2 Å². The highest BCUT2D eigenvalue weighted by Gasteiger charge is 2.39. The van der Waals surface area contributed by atoms with E-state index in [1.165, 1.54) is 34.8 Å². The highest BCUT2D eigenvalue weighted by atomic mass is 35.5. The lowest BCUT2D eigenvalue weighted by atomic mass is 10.2. The number of amides is 1. The van der Waals surface area contributed by atoms with E-state index >= 15 is 0 Å². The highest BCUT2D eigenvalue weighted by molar-refractivity contribution is 7.89. The van der Waals surface area contributed by atoms with Gasteiger partial charge in [0, 0.05) is 17.8 Å². The maximum atomic E-state index is 12.8. The molecule has 0 saturated carbocycles. The van der Waals surface area contributed by atoms with E-state index in [1.807, 2.05) is 0 Å². The molecule has 132 valence electrons. The van der Waals surface area contributed by atoms with Crippen LogP contribution in [-0.4, -0.2) is 36.2 Å². The first-order valence-electron chi connectivity index (χ1n) is 7.58. The molecular formula is C16H15Cl2N3O3S. The number of halogens is 2. The van der Waals surface area contributed by atoms with Gasteiger partial charge in [0.2, 0.25) is 15.9 Å². The minimum Gasteiger partial charge on any atom is -0.322 e. The molecule has 1 fully saturated rings. The minimum atomic E-state index is -3.79. The van der Waals surface area contributed by atoms with Crippen LogP contribution in [0.2, 0.25) is 10.2 Å². The molecule has 0 radical (unpaired) electrons. The van der Waals surface area contributed by atoms with Crippen LogP contribution in [0, 0.1) is 0 Å². The van der Waals surface area contributed by atoms with E-state index in [0.717, 1.165) is 0 Å². The summed E-state index contributed by atoms with van der Waals surface area (Å²) in [5, 5.41) is 3.25. The molecule has 0 spiro atoms. The van der Waals surface area contributed by atoms with Gasteiger partial charge < -0.3 is 5.32 Å². The summed E-state index contributed by atoms with van der Waals surface area (Å²) < 4.78 is 26.9. The molecule has 2 heterocycles. The fourth-order valence-electron chi connectivity index (χ4n) is 2.73. The van der Waals surface area contributed by atoms with Crippen LogP contribution >= 0.6 is 23.2 Å². The van der Waals surface area contributed by atoms with Crippen LogP contribution < -0.4 is 5.32 Å². The number of hydrogen-bond acceptors (Lipinski definition) is 4. The van der Waals surface area contributed by atoms with Crippen molar-refractivity contribution in [1.82, 2.24) is 9.29 Å². The average Bonchev–Trinajstić information content (AvgIpc) is 3.08. The Bertz CT molecular complexity index is 888. The topological polar surface area (TPSA) is 79.4 Å². The van der Waals surface area contributed by atoms with Gasteiger partial charge in [-0.15, -0.1) is 0 Å². The molecule has 1 aromatic carbocycles. The molecule has 1 aliphatic rings. The molecule has 25 heavy (non-hydrogen) atoms. The first-order valence-corrected chi connectivity index (χ1v) is 9.78. The highest BCUT2D eigenvalue weighted by Crippen LogP contribution is 2.28. The third-order valence-electron chi connectivity index (χ3n) is 3.94. The van der Waals surface area contributed by atoms with Gasteiger partial charge >= 0.3 is 0 Å². The maximum absolute atomic E-state index is 12.8. The Hall–Kier alpha value is -1.67. The largest absolute Gasteiger partial charge is 0.322 e. The summed E-state index contributed by atoms with van der Waals surface area (Å²) in [6.07, 6.45) is 2.55. The van der Waals surface area contributed by atoms with Gasteiger partial charge in [-0.1, -0.05) is 23.2 Å². The normalized spacial score (nSPS) is 18.2. The van der Waals surface area contributed by atoms with Gasteiger partial charge in [0.1, 0.15) is 6.04 Å². The van der Waals surface area contributed by atoms with Crippen molar-refractivity contribution in [2.24, 2.45) is 0 Å². The molecule has 9 heteroatoms. The van der Waals surface area contributed by atoms with Gasteiger partial charge in [-0.2, -0.15) is 4.31 Å². The average molecular weight is 400 g/mol. The number of nitrogens with one attached hydrogen (secondary N) is 1. The molecule has 1 aromatic heterocycles. The van der Waals surface area contributed by atoms with Crippen LogP contribution in [0.25, 0.3) is 0 Å². The zero-order valence-electron chi connectivity index (χ0n) is 13.0. The molecule has 1 saturated heterocycles. The van der Waals surface area contributed by atoms with E-state index < -0.39 is 22.0 Å². The predicted octanol–water partition coefficient (Wildman–Crippen LogP) is 3.18. The lowest BCUT2D eigenvalue weighted by molar-refractivity contribution is -0.119. The minimum absolute atomic E-state index is 0.107. The van der Waals surface area contributed by atoms with Crippen molar-refractivity contribution in [2.75, 3.05) is 11.9 Å². The standard InChI is InChI=1S/C16H15Cl2N3O3S/c17-11-5-7-12(8-6-11)25(23,24)21-10-2-4-14(21)16(22)20-13-3-1-9-19-15(13)18/h1,3,5-9,14H,2,4,10H2,(H,20,22)/t14-/m0/s1. The number of anilines is 1. The predicted molar refractivity (Wildman–Crippen MR) is 96.2 cm³/mol. The van der Waals surface area contributed by atoms with Crippen LogP contribution in [0.4, 0.5) is 5.69 Å². The molecule has 1 amide bonds. The number of sulfonamides is 1. The van der Waals surface area contributed by atoms with Gasteiger partial charge in [-0.05, 0) is 49.2 Å². The number of rotatable bonds is 4. The van der Waals surface area contributed by atoms with E-state index in [-0.39, 0.29) is 16.6 Å². The molecule has 6 nitrogen and oxygen atoms in total. The van der Waals surface area contributed by atoms with Crippen LogP contribution in [-0.2, 0) is 14.8 Å². The first kappa shape index (κ1) is 18.1. The number of carbonyl (C=O) groups excluding carboxylic acids is 1. The summed E-state index contributed by atoms with van der Waals surface area (Å²) >= 11 is 11.8. The number of aromatic nitrogens is 1. The summed E-state index contributed by atoms with van der Waals surface area (Å²) in [5.74, 6) is -0.426. The van der Waals surface area contributed by atoms with Crippen molar-refractivity contribution in [1.29, 1.82) is 0 Å². The van der Waals surface area contributed by atoms with Gasteiger partial charge in [-0.3, -0.25) is 4.79 Å². The summed E-state index contributed by atoms with van der Waals surface area (Å²) in [5.41, 5.74) is 0.352. The van der Waals surface area contributed by atoms with Crippen LogP contribution in [0.15, 0.2) is 47.5 Å². The van der Waals surface area contributed by atoms with E-state index in [1.54, 1.807) is 12.1 Å². The van der Waals surface area contributed by atoms with Crippen LogP contribution in [0.5, 0.6) is 0 Å². The number of benzene rings is 1. The second-order valence-corrected chi connectivity index (χ2v) is 8.24. The van der Waals surface area contributed by atoms with Gasteiger partial charge in [0.05, 0.1) is 10.6 Å². The summed E-state index contributed by atoms with van der Waals surface area (Å²) in [7, 11) is -3.79. The van der Waals surface area contributed by atoms with E-state index in [0.29, 0.717) is 23.6 Å². The van der Waals surface area contributed by atoms with E-state index in [9.17, 15) is 13.2 Å². The SMILES string of the molecule is O=C(Nc1cccnc1Cl)[C@@H]1CCCN1S(=O)(=O)c1ccc(Cl)cc1. The zero-order valence-corrected chi connectivity index (χ0v) is 15.4. The Kier molecular flexibility index (Phi) is 5.29. The quantitative estimate of drug-likeness (QED) is 0.800. The Labute approximate surface area is 155 Å². The van der Waals surface area contributed by atoms with Crippen molar-refractivity contribution in [3.63, 3.8) is 0 Å². The Morgan fingerprint density at radius 2 is 1.92 bits per heavy atom. The van der Waals surface area contributed by atoms with E-state index in [4.69, 9.17) is 23.2 Å². The number of hydrogen-bond donors (Lipinski definition) is 1. The lowest BCUT2D eigenvalue weighted by Crippen LogP contribution is -2.43. The third kappa shape index (κ3) is 3.79. The second-order valence-electron chi connectivity index (χ2n) is 5.56. The molecule has 0 unspecified atom stereocenters. The second kappa shape index (κ2) is 7.29. The molecule has 1 N–H and O–H groups in total. The first-order chi connectivity index (χ1) is 11.9. The van der Waals surface area contributed by atoms with Crippen molar-refractivity contribution >= 4 is 44.8 Å². The summed E-state index contributed by atoms with van der Waals surface area (Å²) in [4.78, 5) is 16.6.